The van der Waals surface area contributed by atoms with Gasteiger partial charge < -0.3 is 14.4 Å². The summed E-state index contributed by atoms with van der Waals surface area (Å²) in [5.41, 5.74) is 4.10. The number of aromatic nitrogens is 8. The van der Waals surface area contributed by atoms with Crippen LogP contribution in [0.2, 0.25) is 0 Å². The lowest BCUT2D eigenvalue weighted by Crippen LogP contribution is -2.51. The highest BCUT2D eigenvalue weighted by atomic mass is 32.1. The van der Waals surface area contributed by atoms with Crippen molar-refractivity contribution >= 4 is 23.1 Å². The van der Waals surface area contributed by atoms with Crippen molar-refractivity contribution in [2.75, 3.05) is 0 Å². The van der Waals surface area contributed by atoms with Crippen LogP contribution in [0.15, 0.2) is 65.6 Å². The van der Waals surface area contributed by atoms with Crippen LogP contribution in [-0.4, -0.2) is 39.9 Å². The van der Waals surface area contributed by atoms with Crippen LogP contribution in [0.5, 0.6) is 0 Å². The van der Waals surface area contributed by atoms with E-state index in [0.29, 0.717) is 36.1 Å². The molecule has 0 amide bonds. The first-order chi connectivity index (χ1) is 18.5. The molecule has 0 saturated carbocycles. The minimum absolute atomic E-state index is 0.173. The molecule has 7 rings (SSSR count). The Balaban J connectivity index is 1.44. The van der Waals surface area contributed by atoms with Gasteiger partial charge in [-0.1, -0.05) is 18.2 Å². The summed E-state index contributed by atoms with van der Waals surface area (Å²) < 4.78 is 21.3. The van der Waals surface area contributed by atoms with Gasteiger partial charge in [-0.15, -0.1) is 5.10 Å². The minimum atomic E-state index is -1.04. The Hall–Kier alpha value is -4.42. The van der Waals surface area contributed by atoms with E-state index in [9.17, 15) is 4.39 Å². The number of H-pyrrole nitrogens is 3. The number of aryl methyl sites for hydroxylation is 1. The first-order valence-electron chi connectivity index (χ1n) is 12.2. The van der Waals surface area contributed by atoms with E-state index in [1.807, 2.05) is 42.2 Å². The maximum Gasteiger partial charge on any atom is 0.284 e. The number of pyridine rings is 1. The molecule has 0 radical (unpaired) electrons. The van der Waals surface area contributed by atoms with E-state index >= 15 is 0 Å². The van der Waals surface area contributed by atoms with Gasteiger partial charge in [-0.25, -0.2) is 14.5 Å². The topological polar surface area (TPSA) is 129 Å². The van der Waals surface area contributed by atoms with Gasteiger partial charge in [0.15, 0.2) is 5.54 Å². The van der Waals surface area contributed by atoms with E-state index in [-0.39, 0.29) is 10.9 Å². The van der Waals surface area contributed by atoms with Crippen molar-refractivity contribution in [3.63, 3.8) is 0 Å². The average Bonchev–Trinajstić information content (AvgIpc) is 3.74. The summed E-state index contributed by atoms with van der Waals surface area (Å²) in [6.07, 6.45) is 7.33. The molecule has 0 unspecified atom stereocenters. The molecule has 4 N–H and O–H groups in total. The number of rotatable bonds is 5. The Labute approximate surface area is 220 Å². The molecule has 0 aliphatic carbocycles. The zero-order valence-electron chi connectivity index (χ0n) is 20.2. The molecule has 0 bridgehead atoms. The molecule has 1 aromatic carbocycles. The molecule has 1 aliphatic rings. The lowest BCUT2D eigenvalue weighted by Gasteiger charge is -2.38. The number of fused-ring (bicyclic) bond motifs is 3. The summed E-state index contributed by atoms with van der Waals surface area (Å²) in [5, 5.41) is 16.7. The second kappa shape index (κ2) is 8.57. The number of nitrogens with zero attached hydrogens (tertiary/aromatic N) is 5. The lowest BCUT2D eigenvalue weighted by atomic mass is 9.79. The quantitative estimate of drug-likeness (QED) is 0.242. The first-order valence-corrected chi connectivity index (χ1v) is 12.6. The second-order valence-electron chi connectivity index (χ2n) is 9.22. The zero-order valence-corrected chi connectivity index (χ0v) is 21.0. The van der Waals surface area contributed by atoms with Crippen LogP contribution in [-0.2, 0) is 18.5 Å². The molecule has 0 spiro atoms. The van der Waals surface area contributed by atoms with E-state index < -0.39 is 11.4 Å². The fourth-order valence-corrected chi connectivity index (χ4v) is 5.43. The van der Waals surface area contributed by atoms with E-state index in [1.54, 1.807) is 12.3 Å². The van der Waals surface area contributed by atoms with Crippen LogP contribution < -0.4 is 5.32 Å². The summed E-state index contributed by atoms with van der Waals surface area (Å²) in [6.45, 7) is 2.73. The highest BCUT2D eigenvalue weighted by Crippen LogP contribution is 2.46. The van der Waals surface area contributed by atoms with Gasteiger partial charge in [-0.2, -0.15) is 5.10 Å². The van der Waals surface area contributed by atoms with Crippen LogP contribution in [0.3, 0.4) is 0 Å². The van der Waals surface area contributed by atoms with Gasteiger partial charge in [-0.3, -0.25) is 15.0 Å². The monoisotopic (exact) mass is 527 g/mol. The van der Waals surface area contributed by atoms with Gasteiger partial charge in [0, 0.05) is 29.2 Å². The van der Waals surface area contributed by atoms with Crippen molar-refractivity contribution in [1.82, 2.24) is 45.2 Å². The van der Waals surface area contributed by atoms with Crippen LogP contribution in [0.4, 0.5) is 4.39 Å². The summed E-state index contributed by atoms with van der Waals surface area (Å²) in [5.74, 6) is 0.668. The fourth-order valence-electron chi connectivity index (χ4n) is 5.31. The van der Waals surface area contributed by atoms with Gasteiger partial charge in [0.25, 0.3) is 4.84 Å². The molecule has 190 valence electrons. The van der Waals surface area contributed by atoms with E-state index in [0.717, 1.165) is 27.7 Å². The van der Waals surface area contributed by atoms with Crippen molar-refractivity contribution in [3.05, 3.63) is 100 Å². The predicted molar refractivity (Wildman–Crippen MR) is 139 cm³/mol. The molecule has 10 nitrogen and oxygen atoms in total. The zero-order chi connectivity index (χ0) is 25.9. The Kier molecular flexibility index (Phi) is 5.13. The average molecular weight is 528 g/mol. The van der Waals surface area contributed by atoms with Crippen molar-refractivity contribution in [3.8, 4) is 11.4 Å². The van der Waals surface area contributed by atoms with Crippen LogP contribution >= 0.6 is 12.2 Å². The number of para-hydroxylation sites is 1. The Morgan fingerprint density at radius 3 is 2.79 bits per heavy atom. The maximum absolute atomic E-state index is 13.4. The fraction of sp³-hybridized carbons (Fsp3) is 0.192. The number of halogens is 1. The molecule has 1 aliphatic heterocycles. The third-order valence-corrected chi connectivity index (χ3v) is 7.24. The van der Waals surface area contributed by atoms with Crippen molar-refractivity contribution in [2.24, 2.45) is 0 Å². The molecule has 6 aromatic rings. The lowest BCUT2D eigenvalue weighted by molar-refractivity contribution is 0.288. The maximum atomic E-state index is 13.4. The standard InChI is InChI=1S/C26H22FN9OS/c1-2-36-13-14(10-30-36)26(24-34-35-25(38)37-24)22-17(16-5-3-4-6-18(16)31-22)9-20(33-26)23-29-12-21(32-23)19-8-7-15(27)11-28-19/h3-8,10-13,20,31,33H,2,9H2,1H3,(H,29,32)(H,35,38)/t20-,26-/m1/s1. The number of hydrogen-bond acceptors (Lipinski definition) is 7. The molecule has 0 fully saturated rings. The highest BCUT2D eigenvalue weighted by Gasteiger charge is 2.50. The van der Waals surface area contributed by atoms with Gasteiger partial charge in [0.2, 0.25) is 5.89 Å². The van der Waals surface area contributed by atoms with E-state index in [4.69, 9.17) is 21.6 Å². The molecule has 12 heteroatoms. The minimum Gasteiger partial charge on any atom is -0.411 e. The van der Waals surface area contributed by atoms with E-state index in [1.165, 1.54) is 12.3 Å². The normalized spacial score (nSPS) is 19.2. The van der Waals surface area contributed by atoms with Crippen LogP contribution in [0.25, 0.3) is 22.3 Å². The summed E-state index contributed by atoms with van der Waals surface area (Å²) in [7, 11) is 0. The number of benzene rings is 1. The largest absolute Gasteiger partial charge is 0.411 e. The number of aromatic amines is 3. The highest BCUT2D eigenvalue weighted by molar-refractivity contribution is 7.71. The third-order valence-electron chi connectivity index (χ3n) is 7.07. The number of hydrogen-bond donors (Lipinski definition) is 4. The van der Waals surface area contributed by atoms with Crippen LogP contribution in [0, 0.1) is 10.7 Å². The third kappa shape index (κ3) is 3.45. The molecule has 6 heterocycles. The molecular formula is C26H22FN9OS. The first kappa shape index (κ1) is 22.8. The molecule has 5 aromatic heterocycles. The van der Waals surface area contributed by atoms with Gasteiger partial charge in [0.05, 0.1) is 41.7 Å². The summed E-state index contributed by atoms with van der Waals surface area (Å²) in [4.78, 5) is 16.1. The Bertz CT molecular complexity index is 1830. The summed E-state index contributed by atoms with van der Waals surface area (Å²) in [6, 6.07) is 10.9. The van der Waals surface area contributed by atoms with Gasteiger partial charge in [0.1, 0.15) is 11.6 Å². The number of imidazole rings is 1. The molecule has 38 heavy (non-hydrogen) atoms. The number of nitrogens with one attached hydrogen (secondary N) is 4. The molecular weight excluding hydrogens is 505 g/mol. The molecule has 0 saturated heterocycles. The van der Waals surface area contributed by atoms with Crippen molar-refractivity contribution < 1.29 is 8.81 Å². The molecule has 2 atom stereocenters. The Morgan fingerprint density at radius 2 is 2.03 bits per heavy atom. The van der Waals surface area contributed by atoms with Gasteiger partial charge in [-0.05, 0) is 49.3 Å². The van der Waals surface area contributed by atoms with Crippen molar-refractivity contribution in [1.29, 1.82) is 0 Å². The SMILES string of the molecule is CCn1cc([C@@]2(c3n[nH]c(=S)o3)N[C@@H](c3ncc(-c4ccc(F)cn4)[nH]3)Cc3c2[nH]c2ccccc32)cn1. The van der Waals surface area contributed by atoms with Crippen LogP contribution in [0.1, 0.15) is 41.5 Å². The summed E-state index contributed by atoms with van der Waals surface area (Å²) >= 11 is 5.29. The second-order valence-corrected chi connectivity index (χ2v) is 9.59. The smallest absolute Gasteiger partial charge is 0.284 e. The Morgan fingerprint density at radius 1 is 1.13 bits per heavy atom. The van der Waals surface area contributed by atoms with E-state index in [2.05, 4.69) is 41.6 Å². The van der Waals surface area contributed by atoms with Crippen molar-refractivity contribution in [2.45, 2.75) is 31.5 Å². The predicted octanol–water partition coefficient (Wildman–Crippen LogP) is 4.53. The van der Waals surface area contributed by atoms with Gasteiger partial charge >= 0.3 is 0 Å².